The van der Waals surface area contributed by atoms with Gasteiger partial charge in [-0.25, -0.2) is 8.78 Å². The fourth-order valence-corrected chi connectivity index (χ4v) is 2.18. The minimum absolute atomic E-state index is 0.101. The van der Waals surface area contributed by atoms with Crippen molar-refractivity contribution in [3.8, 4) is 0 Å². The van der Waals surface area contributed by atoms with E-state index in [2.05, 4.69) is 5.32 Å². The maximum Gasteiger partial charge on any atom is 0.230 e. The number of rotatable bonds is 7. The Morgan fingerprint density at radius 3 is 2.79 bits per heavy atom. The van der Waals surface area contributed by atoms with Crippen molar-refractivity contribution in [1.82, 2.24) is 5.32 Å². The first kappa shape index (κ1) is 15.9. The molecule has 0 aliphatic heterocycles. The van der Waals surface area contributed by atoms with Crippen LogP contribution < -0.4 is 5.32 Å². The number of nitrogens with one attached hydrogen (secondary N) is 1. The van der Waals surface area contributed by atoms with Gasteiger partial charge in [0.15, 0.2) is 11.6 Å². The molecule has 1 amide bonds. The van der Waals surface area contributed by atoms with Crippen molar-refractivity contribution in [3.63, 3.8) is 0 Å². The minimum atomic E-state index is -0.927. The van der Waals surface area contributed by atoms with Gasteiger partial charge in [-0.3, -0.25) is 4.79 Å². The molecule has 0 radical (unpaired) electrons. The first-order valence-corrected chi connectivity index (χ1v) is 7.04. The zero-order valence-electron chi connectivity index (χ0n) is 10.7. The Labute approximate surface area is 115 Å². The number of carbonyl (C=O) groups is 1. The average molecular weight is 289 g/mol. The standard InChI is InChI=1S/C13H17F2NO2S/c1-2-3-9(17)7-16-13(18)8-19-10-4-5-11(14)12(15)6-10/h4-6,9,17H,2-3,7-8H2,1H3,(H,16,18). The Hall–Kier alpha value is -1.14. The lowest BCUT2D eigenvalue weighted by Crippen LogP contribution is -2.33. The third kappa shape index (κ3) is 6.02. The third-order valence-corrected chi connectivity index (χ3v) is 3.41. The molecule has 1 aromatic rings. The normalized spacial score (nSPS) is 12.2. The van der Waals surface area contributed by atoms with Crippen molar-refractivity contribution >= 4 is 17.7 Å². The number of halogens is 2. The Bertz CT molecular complexity index is 429. The molecule has 0 bridgehead atoms. The second-order valence-electron chi connectivity index (χ2n) is 4.11. The summed E-state index contributed by atoms with van der Waals surface area (Å²) in [7, 11) is 0. The fourth-order valence-electron chi connectivity index (χ4n) is 1.43. The van der Waals surface area contributed by atoms with E-state index in [1.165, 1.54) is 6.07 Å². The van der Waals surface area contributed by atoms with Gasteiger partial charge < -0.3 is 10.4 Å². The summed E-state index contributed by atoms with van der Waals surface area (Å²) < 4.78 is 25.6. The van der Waals surface area contributed by atoms with Crippen LogP contribution in [0.25, 0.3) is 0 Å². The summed E-state index contributed by atoms with van der Waals surface area (Å²) in [6.45, 7) is 2.16. The fraction of sp³-hybridized carbons (Fsp3) is 0.462. The van der Waals surface area contributed by atoms with E-state index in [1.54, 1.807) is 0 Å². The predicted octanol–water partition coefficient (Wildman–Crippen LogP) is 2.33. The molecule has 1 aromatic carbocycles. The van der Waals surface area contributed by atoms with Gasteiger partial charge in [-0.05, 0) is 24.6 Å². The summed E-state index contributed by atoms with van der Waals surface area (Å²) in [5.74, 6) is -1.98. The van der Waals surface area contributed by atoms with Crippen LogP contribution in [-0.4, -0.2) is 29.4 Å². The van der Waals surface area contributed by atoms with Gasteiger partial charge in [-0.15, -0.1) is 11.8 Å². The number of aliphatic hydroxyl groups excluding tert-OH is 1. The minimum Gasteiger partial charge on any atom is -0.391 e. The van der Waals surface area contributed by atoms with E-state index in [1.807, 2.05) is 6.92 Å². The third-order valence-electron chi connectivity index (χ3n) is 2.42. The van der Waals surface area contributed by atoms with Crippen molar-refractivity contribution in [2.75, 3.05) is 12.3 Å². The van der Waals surface area contributed by atoms with Gasteiger partial charge in [0.2, 0.25) is 5.91 Å². The number of benzene rings is 1. The van der Waals surface area contributed by atoms with Gasteiger partial charge in [0, 0.05) is 11.4 Å². The van der Waals surface area contributed by atoms with Crippen LogP contribution in [0.2, 0.25) is 0 Å². The molecule has 1 rings (SSSR count). The second kappa shape index (κ2) is 8.12. The largest absolute Gasteiger partial charge is 0.391 e. The molecule has 19 heavy (non-hydrogen) atoms. The lowest BCUT2D eigenvalue weighted by atomic mass is 10.2. The van der Waals surface area contributed by atoms with E-state index in [9.17, 15) is 18.7 Å². The molecule has 0 aromatic heterocycles. The molecule has 2 N–H and O–H groups in total. The van der Waals surface area contributed by atoms with Crippen molar-refractivity contribution < 1.29 is 18.7 Å². The van der Waals surface area contributed by atoms with Crippen LogP contribution in [0, 0.1) is 11.6 Å². The Balaban J connectivity index is 2.31. The number of thioether (sulfide) groups is 1. The van der Waals surface area contributed by atoms with Crippen LogP contribution in [-0.2, 0) is 4.79 Å². The highest BCUT2D eigenvalue weighted by Gasteiger charge is 2.08. The molecule has 0 fully saturated rings. The zero-order chi connectivity index (χ0) is 14.3. The number of carbonyl (C=O) groups excluding carboxylic acids is 1. The SMILES string of the molecule is CCCC(O)CNC(=O)CSc1ccc(F)c(F)c1. The molecule has 1 atom stereocenters. The zero-order valence-corrected chi connectivity index (χ0v) is 11.5. The highest BCUT2D eigenvalue weighted by atomic mass is 32.2. The summed E-state index contributed by atoms with van der Waals surface area (Å²) in [4.78, 5) is 12.0. The van der Waals surface area contributed by atoms with Crippen LogP contribution in [0.4, 0.5) is 8.78 Å². The molecule has 0 saturated carbocycles. The Kier molecular flexibility index (Phi) is 6.80. The maximum absolute atomic E-state index is 12.9. The summed E-state index contributed by atoms with van der Waals surface area (Å²) in [5.41, 5.74) is 0. The molecule has 0 aliphatic carbocycles. The van der Waals surface area contributed by atoms with E-state index in [-0.39, 0.29) is 18.2 Å². The average Bonchev–Trinajstić information content (AvgIpc) is 2.38. The van der Waals surface area contributed by atoms with Crippen molar-refractivity contribution in [2.24, 2.45) is 0 Å². The molecular formula is C13H17F2NO2S. The number of amides is 1. The number of hydrogen-bond donors (Lipinski definition) is 2. The van der Waals surface area contributed by atoms with Gasteiger partial charge >= 0.3 is 0 Å². The highest BCUT2D eigenvalue weighted by molar-refractivity contribution is 8.00. The molecule has 6 heteroatoms. The van der Waals surface area contributed by atoms with Crippen LogP contribution in [0.3, 0.4) is 0 Å². The van der Waals surface area contributed by atoms with Crippen LogP contribution in [0.1, 0.15) is 19.8 Å². The van der Waals surface area contributed by atoms with E-state index in [0.717, 1.165) is 30.3 Å². The maximum atomic E-state index is 12.9. The summed E-state index contributed by atoms with van der Waals surface area (Å²) >= 11 is 1.12. The lowest BCUT2D eigenvalue weighted by molar-refractivity contribution is -0.119. The topological polar surface area (TPSA) is 49.3 Å². The van der Waals surface area contributed by atoms with Crippen LogP contribution in [0.15, 0.2) is 23.1 Å². The lowest BCUT2D eigenvalue weighted by Gasteiger charge is -2.10. The van der Waals surface area contributed by atoms with Crippen molar-refractivity contribution in [2.45, 2.75) is 30.8 Å². The molecule has 0 aliphatic rings. The predicted molar refractivity (Wildman–Crippen MR) is 71.0 cm³/mol. The van der Waals surface area contributed by atoms with Gasteiger partial charge in [0.05, 0.1) is 11.9 Å². The second-order valence-corrected chi connectivity index (χ2v) is 5.16. The van der Waals surface area contributed by atoms with Crippen LogP contribution >= 0.6 is 11.8 Å². The Morgan fingerprint density at radius 2 is 2.16 bits per heavy atom. The molecule has 3 nitrogen and oxygen atoms in total. The first-order valence-electron chi connectivity index (χ1n) is 6.05. The summed E-state index contributed by atoms with van der Waals surface area (Å²) in [6, 6.07) is 3.50. The van der Waals surface area contributed by atoms with E-state index in [4.69, 9.17) is 0 Å². The van der Waals surface area contributed by atoms with Gasteiger partial charge in [-0.2, -0.15) is 0 Å². The highest BCUT2D eigenvalue weighted by Crippen LogP contribution is 2.19. The monoisotopic (exact) mass is 289 g/mol. The van der Waals surface area contributed by atoms with E-state index < -0.39 is 17.7 Å². The van der Waals surface area contributed by atoms with Crippen molar-refractivity contribution in [3.05, 3.63) is 29.8 Å². The first-order chi connectivity index (χ1) is 9.02. The summed E-state index contributed by atoms with van der Waals surface area (Å²) in [5, 5.41) is 12.0. The van der Waals surface area contributed by atoms with E-state index in [0.29, 0.717) is 11.3 Å². The van der Waals surface area contributed by atoms with Crippen molar-refractivity contribution in [1.29, 1.82) is 0 Å². The molecule has 0 saturated heterocycles. The molecule has 0 spiro atoms. The summed E-state index contributed by atoms with van der Waals surface area (Å²) in [6.07, 6.45) is 0.944. The Morgan fingerprint density at radius 1 is 1.42 bits per heavy atom. The van der Waals surface area contributed by atoms with Crippen LogP contribution in [0.5, 0.6) is 0 Å². The van der Waals surface area contributed by atoms with Gasteiger partial charge in [0.25, 0.3) is 0 Å². The smallest absolute Gasteiger partial charge is 0.230 e. The number of aliphatic hydroxyl groups is 1. The molecule has 0 heterocycles. The molecular weight excluding hydrogens is 272 g/mol. The number of hydrogen-bond acceptors (Lipinski definition) is 3. The van der Waals surface area contributed by atoms with E-state index >= 15 is 0 Å². The molecule has 1 unspecified atom stereocenters. The van der Waals surface area contributed by atoms with Gasteiger partial charge in [-0.1, -0.05) is 13.3 Å². The molecule has 106 valence electrons. The quantitative estimate of drug-likeness (QED) is 0.757. The van der Waals surface area contributed by atoms with Gasteiger partial charge in [0.1, 0.15) is 0 Å².